The van der Waals surface area contributed by atoms with Crippen molar-refractivity contribution in [2.75, 3.05) is 12.4 Å². The van der Waals surface area contributed by atoms with Gasteiger partial charge in [-0.05, 0) is 12.1 Å². The van der Waals surface area contributed by atoms with Crippen molar-refractivity contribution in [3.05, 3.63) is 51.7 Å². The van der Waals surface area contributed by atoms with Gasteiger partial charge in [0.1, 0.15) is 12.0 Å². The number of ether oxygens (including phenoxy) is 1. The van der Waals surface area contributed by atoms with Gasteiger partial charge in [0.15, 0.2) is 5.89 Å². The zero-order valence-electron chi connectivity index (χ0n) is 11.5. The Balaban J connectivity index is 2.22. The SMILES string of the molecule is COC(=O)c1ccc(NCc2coc(C)n2)c([N+](=O)[O-])c1. The minimum Gasteiger partial charge on any atom is -0.465 e. The number of carbonyl (C=O) groups excluding carboxylic acids is 1. The van der Waals surface area contributed by atoms with Gasteiger partial charge < -0.3 is 14.5 Å². The van der Waals surface area contributed by atoms with Crippen LogP contribution in [0.25, 0.3) is 0 Å². The quantitative estimate of drug-likeness (QED) is 0.511. The summed E-state index contributed by atoms with van der Waals surface area (Å²) in [5.74, 6) is -0.112. The number of hydrogen-bond acceptors (Lipinski definition) is 7. The Morgan fingerprint density at radius 1 is 1.52 bits per heavy atom. The summed E-state index contributed by atoms with van der Waals surface area (Å²) >= 11 is 0. The molecule has 0 aliphatic heterocycles. The van der Waals surface area contributed by atoms with Crippen LogP contribution < -0.4 is 5.32 Å². The van der Waals surface area contributed by atoms with E-state index in [0.29, 0.717) is 11.6 Å². The maximum atomic E-state index is 11.4. The summed E-state index contributed by atoms with van der Waals surface area (Å²) in [6.45, 7) is 1.98. The number of methoxy groups -OCH3 is 1. The predicted octanol–water partition coefficient (Wildman–Crippen LogP) is 2.29. The highest BCUT2D eigenvalue weighted by atomic mass is 16.6. The van der Waals surface area contributed by atoms with Crippen molar-refractivity contribution in [3.63, 3.8) is 0 Å². The number of oxazole rings is 1. The van der Waals surface area contributed by atoms with Gasteiger partial charge in [0.25, 0.3) is 5.69 Å². The topological polar surface area (TPSA) is 108 Å². The van der Waals surface area contributed by atoms with Gasteiger partial charge in [0.2, 0.25) is 0 Å². The van der Waals surface area contributed by atoms with Gasteiger partial charge in [-0.3, -0.25) is 10.1 Å². The van der Waals surface area contributed by atoms with Gasteiger partial charge in [0.05, 0.1) is 29.8 Å². The molecule has 0 amide bonds. The Morgan fingerprint density at radius 2 is 2.29 bits per heavy atom. The molecular weight excluding hydrogens is 278 g/mol. The number of carbonyl (C=O) groups is 1. The number of nitro benzene ring substituents is 1. The minimum absolute atomic E-state index is 0.118. The Kier molecular flexibility index (Phi) is 4.17. The number of nitrogens with zero attached hydrogens (tertiary/aromatic N) is 2. The molecule has 0 saturated heterocycles. The molecule has 2 rings (SSSR count). The lowest BCUT2D eigenvalue weighted by atomic mass is 10.1. The van der Waals surface area contributed by atoms with Crippen LogP contribution in [0.2, 0.25) is 0 Å². The van der Waals surface area contributed by atoms with Crippen molar-refractivity contribution in [1.29, 1.82) is 0 Å². The lowest BCUT2D eigenvalue weighted by Gasteiger charge is -2.06. The van der Waals surface area contributed by atoms with Crippen molar-refractivity contribution in [1.82, 2.24) is 4.98 Å². The number of aryl methyl sites for hydroxylation is 1. The molecule has 1 aromatic heterocycles. The minimum atomic E-state index is -0.628. The average molecular weight is 291 g/mol. The van der Waals surface area contributed by atoms with E-state index in [4.69, 9.17) is 4.42 Å². The van der Waals surface area contributed by atoms with E-state index in [0.717, 1.165) is 0 Å². The van der Waals surface area contributed by atoms with Gasteiger partial charge in [-0.1, -0.05) is 0 Å². The first-order valence-corrected chi connectivity index (χ1v) is 6.03. The number of aromatic nitrogens is 1. The molecule has 0 bridgehead atoms. The molecule has 0 saturated carbocycles. The Labute approximate surface area is 119 Å². The molecule has 0 atom stereocenters. The number of hydrogen-bond donors (Lipinski definition) is 1. The third-order valence-electron chi connectivity index (χ3n) is 2.74. The van der Waals surface area contributed by atoms with E-state index in [9.17, 15) is 14.9 Å². The van der Waals surface area contributed by atoms with Gasteiger partial charge in [-0.15, -0.1) is 0 Å². The first-order valence-electron chi connectivity index (χ1n) is 6.03. The maximum Gasteiger partial charge on any atom is 0.338 e. The van der Waals surface area contributed by atoms with E-state index >= 15 is 0 Å². The van der Waals surface area contributed by atoms with Gasteiger partial charge in [-0.25, -0.2) is 9.78 Å². The third-order valence-corrected chi connectivity index (χ3v) is 2.74. The molecule has 0 fully saturated rings. The molecule has 0 unspecified atom stereocenters. The average Bonchev–Trinajstić information content (AvgIpc) is 2.89. The normalized spacial score (nSPS) is 10.2. The summed E-state index contributed by atoms with van der Waals surface area (Å²) in [5.41, 5.74) is 0.817. The summed E-state index contributed by atoms with van der Waals surface area (Å²) in [6, 6.07) is 4.08. The fourth-order valence-electron chi connectivity index (χ4n) is 1.75. The number of benzene rings is 1. The van der Waals surface area contributed by atoms with Crippen LogP contribution in [0, 0.1) is 17.0 Å². The van der Waals surface area contributed by atoms with E-state index in [1.807, 2.05) is 0 Å². The van der Waals surface area contributed by atoms with Crippen LogP contribution in [-0.4, -0.2) is 23.0 Å². The third kappa shape index (κ3) is 3.35. The summed E-state index contributed by atoms with van der Waals surface area (Å²) < 4.78 is 9.59. The van der Waals surface area contributed by atoms with Gasteiger partial charge in [0, 0.05) is 13.0 Å². The lowest BCUT2D eigenvalue weighted by molar-refractivity contribution is -0.384. The fourth-order valence-corrected chi connectivity index (χ4v) is 1.75. The first-order chi connectivity index (χ1) is 10.0. The largest absolute Gasteiger partial charge is 0.465 e. The smallest absolute Gasteiger partial charge is 0.338 e. The number of esters is 1. The first kappa shape index (κ1) is 14.5. The molecule has 2 aromatic rings. The molecule has 1 aromatic carbocycles. The Morgan fingerprint density at radius 3 is 2.86 bits per heavy atom. The van der Waals surface area contributed by atoms with E-state index in [1.54, 1.807) is 6.92 Å². The van der Waals surface area contributed by atoms with Crippen LogP contribution in [0.4, 0.5) is 11.4 Å². The van der Waals surface area contributed by atoms with Crippen molar-refractivity contribution >= 4 is 17.3 Å². The van der Waals surface area contributed by atoms with Crippen LogP contribution >= 0.6 is 0 Å². The molecule has 0 radical (unpaired) electrons. The van der Waals surface area contributed by atoms with E-state index in [2.05, 4.69) is 15.0 Å². The van der Waals surface area contributed by atoms with Crippen LogP contribution in [0.1, 0.15) is 21.9 Å². The lowest BCUT2D eigenvalue weighted by Crippen LogP contribution is -2.06. The number of nitro groups is 1. The molecule has 21 heavy (non-hydrogen) atoms. The highest BCUT2D eigenvalue weighted by molar-refractivity contribution is 5.91. The highest BCUT2D eigenvalue weighted by Crippen LogP contribution is 2.26. The van der Waals surface area contributed by atoms with Crippen LogP contribution in [0.3, 0.4) is 0 Å². The number of rotatable bonds is 5. The molecule has 0 spiro atoms. The summed E-state index contributed by atoms with van der Waals surface area (Å²) in [4.78, 5) is 26.0. The highest BCUT2D eigenvalue weighted by Gasteiger charge is 2.18. The molecule has 1 heterocycles. The monoisotopic (exact) mass is 291 g/mol. The zero-order chi connectivity index (χ0) is 15.4. The predicted molar refractivity (Wildman–Crippen MR) is 73.0 cm³/mol. The molecule has 0 aliphatic carbocycles. The Hall–Kier alpha value is -2.90. The molecular formula is C13H13N3O5. The van der Waals surface area contributed by atoms with Crippen LogP contribution in [-0.2, 0) is 11.3 Å². The second-order valence-corrected chi connectivity index (χ2v) is 4.19. The Bertz CT molecular complexity index is 680. The van der Waals surface area contributed by atoms with E-state index in [1.165, 1.54) is 31.6 Å². The van der Waals surface area contributed by atoms with Crippen LogP contribution in [0.15, 0.2) is 28.9 Å². The molecule has 8 heteroatoms. The summed E-state index contributed by atoms with van der Waals surface area (Å²) in [6.07, 6.45) is 1.47. The number of anilines is 1. The van der Waals surface area contributed by atoms with Crippen molar-refractivity contribution in [3.8, 4) is 0 Å². The van der Waals surface area contributed by atoms with Gasteiger partial charge in [-0.2, -0.15) is 0 Å². The summed E-state index contributed by atoms with van der Waals surface area (Å²) in [7, 11) is 1.22. The molecule has 8 nitrogen and oxygen atoms in total. The molecule has 110 valence electrons. The van der Waals surface area contributed by atoms with E-state index < -0.39 is 10.9 Å². The van der Waals surface area contributed by atoms with E-state index in [-0.39, 0.29) is 23.5 Å². The second kappa shape index (κ2) is 6.04. The molecule has 1 N–H and O–H groups in total. The van der Waals surface area contributed by atoms with Crippen molar-refractivity contribution in [2.24, 2.45) is 0 Å². The fraction of sp³-hybridized carbons (Fsp3) is 0.231. The summed E-state index contributed by atoms with van der Waals surface area (Å²) in [5, 5.41) is 14.0. The maximum absolute atomic E-state index is 11.4. The van der Waals surface area contributed by atoms with Crippen molar-refractivity contribution < 1.29 is 18.9 Å². The second-order valence-electron chi connectivity index (χ2n) is 4.19. The number of nitrogens with one attached hydrogen (secondary N) is 1. The van der Waals surface area contributed by atoms with Crippen LogP contribution in [0.5, 0.6) is 0 Å². The van der Waals surface area contributed by atoms with Crippen molar-refractivity contribution in [2.45, 2.75) is 13.5 Å². The standard InChI is InChI=1S/C13H13N3O5/c1-8-15-10(7-21-8)6-14-11-4-3-9(13(17)20-2)5-12(11)16(18)19/h3-5,7,14H,6H2,1-2H3. The zero-order valence-corrected chi connectivity index (χ0v) is 11.5. The van der Waals surface area contributed by atoms with Gasteiger partial charge >= 0.3 is 5.97 Å². The molecule has 0 aliphatic rings.